The van der Waals surface area contributed by atoms with Gasteiger partial charge in [-0.1, -0.05) is 36.1 Å². The van der Waals surface area contributed by atoms with Gasteiger partial charge < -0.3 is 4.74 Å². The number of ether oxygens (including phenoxy) is 1. The SMILES string of the molecule is C(#Cc1cccs1)c1ccc2c3c(ccc2c1)OCC=C3. The molecular weight excluding hydrogens is 276 g/mol. The first-order valence-electron chi connectivity index (χ1n) is 6.82. The van der Waals surface area contributed by atoms with Crippen LogP contribution < -0.4 is 4.74 Å². The maximum absolute atomic E-state index is 5.64. The molecule has 1 aromatic heterocycles. The maximum Gasteiger partial charge on any atom is 0.127 e. The van der Waals surface area contributed by atoms with Crippen LogP contribution in [-0.4, -0.2) is 6.61 Å². The van der Waals surface area contributed by atoms with Crippen LogP contribution in [-0.2, 0) is 0 Å². The quantitative estimate of drug-likeness (QED) is 0.544. The second-order valence-corrected chi connectivity index (χ2v) is 5.80. The Hall–Kier alpha value is -2.50. The normalized spacial score (nSPS) is 12.4. The first-order chi connectivity index (χ1) is 10.4. The van der Waals surface area contributed by atoms with E-state index in [0.29, 0.717) is 6.61 Å². The van der Waals surface area contributed by atoms with Gasteiger partial charge in [0, 0.05) is 11.1 Å². The number of fused-ring (bicyclic) bond motifs is 3. The third kappa shape index (κ3) is 2.33. The van der Waals surface area contributed by atoms with Crippen LogP contribution in [0.15, 0.2) is 53.9 Å². The van der Waals surface area contributed by atoms with Crippen molar-refractivity contribution < 1.29 is 4.74 Å². The monoisotopic (exact) mass is 288 g/mol. The van der Waals surface area contributed by atoms with Crippen LogP contribution in [0, 0.1) is 11.8 Å². The van der Waals surface area contributed by atoms with Gasteiger partial charge >= 0.3 is 0 Å². The zero-order valence-electron chi connectivity index (χ0n) is 11.3. The Morgan fingerprint density at radius 1 is 1.05 bits per heavy atom. The first-order valence-corrected chi connectivity index (χ1v) is 7.70. The summed E-state index contributed by atoms with van der Waals surface area (Å²) in [6, 6.07) is 14.5. The van der Waals surface area contributed by atoms with Gasteiger partial charge in [0.2, 0.25) is 0 Å². The topological polar surface area (TPSA) is 9.23 Å². The maximum atomic E-state index is 5.64. The summed E-state index contributed by atoms with van der Waals surface area (Å²) in [5.74, 6) is 7.39. The van der Waals surface area contributed by atoms with E-state index in [9.17, 15) is 0 Å². The Morgan fingerprint density at radius 2 is 2.05 bits per heavy atom. The second kappa shape index (κ2) is 5.12. The van der Waals surface area contributed by atoms with Crippen LogP contribution in [0.5, 0.6) is 5.75 Å². The van der Waals surface area contributed by atoms with Crippen molar-refractivity contribution in [3.05, 3.63) is 69.9 Å². The summed E-state index contributed by atoms with van der Waals surface area (Å²) in [5.41, 5.74) is 2.20. The highest BCUT2D eigenvalue weighted by atomic mass is 32.1. The van der Waals surface area contributed by atoms with Crippen molar-refractivity contribution in [1.82, 2.24) is 0 Å². The van der Waals surface area contributed by atoms with Crippen molar-refractivity contribution in [2.45, 2.75) is 0 Å². The number of benzene rings is 2. The molecule has 1 aliphatic heterocycles. The lowest BCUT2D eigenvalue weighted by Crippen LogP contribution is -2.00. The molecule has 3 aromatic rings. The third-order valence-corrected chi connectivity index (χ3v) is 4.28. The molecule has 2 heterocycles. The number of hydrogen-bond donors (Lipinski definition) is 0. The van der Waals surface area contributed by atoms with Gasteiger partial charge in [0.1, 0.15) is 12.4 Å². The average Bonchev–Trinajstić information content (AvgIpc) is 3.06. The molecule has 1 nitrogen and oxygen atoms in total. The molecule has 0 spiro atoms. The van der Waals surface area contributed by atoms with Crippen molar-refractivity contribution >= 4 is 28.2 Å². The summed E-state index contributed by atoms with van der Waals surface area (Å²) in [7, 11) is 0. The molecule has 0 fully saturated rings. The molecule has 0 aliphatic carbocycles. The summed E-state index contributed by atoms with van der Waals surface area (Å²) in [6.45, 7) is 0.656. The van der Waals surface area contributed by atoms with E-state index in [1.54, 1.807) is 11.3 Å². The minimum Gasteiger partial charge on any atom is -0.489 e. The first kappa shape index (κ1) is 12.3. The van der Waals surface area contributed by atoms with E-state index in [2.05, 4.69) is 42.2 Å². The van der Waals surface area contributed by atoms with Gasteiger partial charge in [-0.05, 0) is 46.5 Å². The average molecular weight is 288 g/mol. The molecule has 21 heavy (non-hydrogen) atoms. The van der Waals surface area contributed by atoms with Crippen molar-refractivity contribution in [1.29, 1.82) is 0 Å². The van der Waals surface area contributed by atoms with Crippen molar-refractivity contribution in [3.8, 4) is 17.6 Å². The highest BCUT2D eigenvalue weighted by Gasteiger charge is 2.09. The molecule has 1 aliphatic rings. The molecule has 0 atom stereocenters. The molecule has 100 valence electrons. The van der Waals surface area contributed by atoms with Gasteiger partial charge in [-0.25, -0.2) is 0 Å². The Balaban J connectivity index is 1.79. The van der Waals surface area contributed by atoms with Crippen LogP contribution in [0.2, 0.25) is 0 Å². The Kier molecular flexibility index (Phi) is 2.99. The Morgan fingerprint density at radius 3 is 2.95 bits per heavy atom. The molecule has 0 saturated heterocycles. The predicted octanol–water partition coefficient (Wildman–Crippen LogP) is 4.71. The fourth-order valence-corrected chi connectivity index (χ4v) is 3.07. The van der Waals surface area contributed by atoms with Crippen LogP contribution in [0.25, 0.3) is 16.8 Å². The standard InChI is InChI=1S/C19H12OS/c1-4-18-17-9-6-14(5-8-16-3-2-12-21-16)13-15(17)7-10-19(18)20-11-1/h1-4,6-7,9-10,12-13H,11H2. The molecule has 0 amide bonds. The van der Waals surface area contributed by atoms with Gasteiger partial charge in [-0.3, -0.25) is 0 Å². The van der Waals surface area contributed by atoms with Crippen molar-refractivity contribution in [2.24, 2.45) is 0 Å². The highest BCUT2D eigenvalue weighted by Crippen LogP contribution is 2.31. The minimum atomic E-state index is 0.656. The highest BCUT2D eigenvalue weighted by molar-refractivity contribution is 7.10. The summed E-state index contributed by atoms with van der Waals surface area (Å²) in [4.78, 5) is 1.09. The van der Waals surface area contributed by atoms with Crippen LogP contribution in [0.4, 0.5) is 0 Å². The van der Waals surface area contributed by atoms with E-state index < -0.39 is 0 Å². The summed E-state index contributed by atoms with van der Waals surface area (Å²) < 4.78 is 5.64. The van der Waals surface area contributed by atoms with Gasteiger partial charge in [0.05, 0.1) is 4.88 Å². The van der Waals surface area contributed by atoms with E-state index in [-0.39, 0.29) is 0 Å². The van der Waals surface area contributed by atoms with Gasteiger partial charge in [0.15, 0.2) is 0 Å². The van der Waals surface area contributed by atoms with Gasteiger partial charge in [-0.15, -0.1) is 11.3 Å². The molecule has 4 rings (SSSR count). The Bertz CT molecular complexity index is 892. The molecule has 2 aromatic carbocycles. The lowest BCUT2D eigenvalue weighted by molar-refractivity contribution is 0.359. The lowest BCUT2D eigenvalue weighted by Gasteiger charge is -2.14. The zero-order valence-corrected chi connectivity index (χ0v) is 12.1. The zero-order chi connectivity index (χ0) is 14.1. The lowest BCUT2D eigenvalue weighted by atomic mass is 10.00. The number of rotatable bonds is 0. The van der Waals surface area contributed by atoms with E-state index >= 15 is 0 Å². The summed E-state index contributed by atoms with van der Waals surface area (Å²) >= 11 is 1.67. The number of thiophene rings is 1. The second-order valence-electron chi connectivity index (χ2n) is 4.85. The fraction of sp³-hybridized carbons (Fsp3) is 0.0526. The van der Waals surface area contributed by atoms with Crippen LogP contribution >= 0.6 is 11.3 Å². The largest absolute Gasteiger partial charge is 0.489 e. The van der Waals surface area contributed by atoms with Crippen LogP contribution in [0.1, 0.15) is 16.0 Å². The predicted molar refractivity (Wildman–Crippen MR) is 88.8 cm³/mol. The molecule has 0 unspecified atom stereocenters. The molecule has 0 bridgehead atoms. The molecule has 0 N–H and O–H groups in total. The number of hydrogen-bond acceptors (Lipinski definition) is 2. The van der Waals surface area contributed by atoms with Crippen LogP contribution in [0.3, 0.4) is 0 Å². The molecule has 0 radical (unpaired) electrons. The molecule has 0 saturated carbocycles. The van der Waals surface area contributed by atoms with E-state index in [1.807, 2.05) is 29.7 Å². The molecule has 2 heteroatoms. The van der Waals surface area contributed by atoms with E-state index in [4.69, 9.17) is 4.74 Å². The minimum absolute atomic E-state index is 0.656. The summed E-state index contributed by atoms with van der Waals surface area (Å²) in [6.07, 6.45) is 4.18. The fourth-order valence-electron chi connectivity index (χ4n) is 2.50. The van der Waals surface area contributed by atoms with Gasteiger partial charge in [-0.2, -0.15) is 0 Å². The van der Waals surface area contributed by atoms with E-state index in [1.165, 1.54) is 10.8 Å². The molecular formula is C19H12OS. The van der Waals surface area contributed by atoms with Gasteiger partial charge in [0.25, 0.3) is 0 Å². The third-order valence-electron chi connectivity index (χ3n) is 3.49. The van der Waals surface area contributed by atoms with E-state index in [0.717, 1.165) is 21.8 Å². The Labute approximate surface area is 127 Å². The smallest absolute Gasteiger partial charge is 0.127 e. The van der Waals surface area contributed by atoms with Crippen molar-refractivity contribution in [2.75, 3.05) is 6.61 Å². The summed E-state index contributed by atoms with van der Waals surface area (Å²) in [5, 5.41) is 4.45. The van der Waals surface area contributed by atoms with Crippen molar-refractivity contribution in [3.63, 3.8) is 0 Å².